The summed E-state index contributed by atoms with van der Waals surface area (Å²) >= 11 is 0. The first-order valence-corrected chi connectivity index (χ1v) is 5.84. The molecule has 0 spiro atoms. The van der Waals surface area contributed by atoms with Crippen molar-refractivity contribution >= 4 is 5.97 Å². The Balaban J connectivity index is 1.94. The van der Waals surface area contributed by atoms with Gasteiger partial charge in [0.25, 0.3) is 0 Å². The summed E-state index contributed by atoms with van der Waals surface area (Å²) in [7, 11) is 0. The number of fused-ring (bicyclic) bond motifs is 2. The molecule has 0 aliphatic heterocycles. The summed E-state index contributed by atoms with van der Waals surface area (Å²) < 4.78 is 5.22. The van der Waals surface area contributed by atoms with Crippen LogP contribution in [0, 0.1) is 11.3 Å². The third-order valence-electron chi connectivity index (χ3n) is 3.94. The van der Waals surface area contributed by atoms with Crippen LogP contribution in [0.1, 0.15) is 51.9 Å². The first kappa shape index (κ1) is 10.0. The van der Waals surface area contributed by atoms with Crippen molar-refractivity contribution in [2.45, 2.75) is 51.9 Å². The Kier molecular flexibility index (Phi) is 2.80. The van der Waals surface area contributed by atoms with E-state index in [0.29, 0.717) is 12.0 Å². The van der Waals surface area contributed by atoms with Gasteiger partial charge in [0, 0.05) is 12.3 Å². The average Bonchev–Trinajstić information content (AvgIpc) is 2.15. The normalized spacial score (nSPS) is 36.5. The monoisotopic (exact) mass is 196 g/mol. The maximum absolute atomic E-state index is 10.8. The van der Waals surface area contributed by atoms with E-state index in [1.54, 1.807) is 0 Å². The Labute approximate surface area is 86.0 Å². The van der Waals surface area contributed by atoms with Crippen molar-refractivity contribution in [3.8, 4) is 0 Å². The Bertz CT molecular complexity index is 212. The highest BCUT2D eigenvalue weighted by atomic mass is 16.5. The second kappa shape index (κ2) is 3.92. The maximum Gasteiger partial charge on any atom is 0.302 e. The van der Waals surface area contributed by atoms with Gasteiger partial charge in [0.2, 0.25) is 0 Å². The molecule has 0 saturated heterocycles. The van der Waals surface area contributed by atoms with E-state index in [0.717, 1.165) is 5.92 Å². The lowest BCUT2D eigenvalue weighted by atomic mass is 9.62. The van der Waals surface area contributed by atoms with Crippen LogP contribution in [0.2, 0.25) is 0 Å². The molecule has 0 aromatic rings. The highest BCUT2D eigenvalue weighted by molar-refractivity contribution is 5.65. The van der Waals surface area contributed by atoms with Crippen molar-refractivity contribution < 1.29 is 9.53 Å². The molecule has 2 heteroatoms. The molecule has 0 aromatic carbocycles. The zero-order valence-corrected chi connectivity index (χ0v) is 9.05. The Morgan fingerprint density at radius 2 is 2.00 bits per heavy atom. The van der Waals surface area contributed by atoms with Crippen molar-refractivity contribution in [1.82, 2.24) is 0 Å². The van der Waals surface area contributed by atoms with Gasteiger partial charge in [0.1, 0.15) is 0 Å². The third kappa shape index (κ3) is 2.10. The second-order valence-electron chi connectivity index (χ2n) is 5.13. The van der Waals surface area contributed by atoms with Crippen molar-refractivity contribution in [3.63, 3.8) is 0 Å². The molecular formula is C12H20O2. The standard InChI is InChI=1S/C12H20O2/c1-10(13)14-9-12-6-2-4-11(8-12)5-3-7-12/h11H,2-9H2,1H3. The molecule has 2 bridgehead atoms. The van der Waals surface area contributed by atoms with Crippen LogP contribution in [-0.4, -0.2) is 12.6 Å². The van der Waals surface area contributed by atoms with E-state index >= 15 is 0 Å². The lowest BCUT2D eigenvalue weighted by Crippen LogP contribution is -2.37. The van der Waals surface area contributed by atoms with Crippen LogP contribution >= 0.6 is 0 Å². The zero-order chi connectivity index (χ0) is 10.0. The molecule has 0 atom stereocenters. The highest BCUT2D eigenvalue weighted by Gasteiger charge is 2.39. The smallest absolute Gasteiger partial charge is 0.302 e. The molecule has 0 radical (unpaired) electrons. The van der Waals surface area contributed by atoms with Crippen molar-refractivity contribution in [3.05, 3.63) is 0 Å². The highest BCUT2D eigenvalue weighted by Crippen LogP contribution is 2.48. The molecule has 2 fully saturated rings. The largest absolute Gasteiger partial charge is 0.465 e. The fraction of sp³-hybridized carbons (Fsp3) is 0.917. The summed E-state index contributed by atoms with van der Waals surface area (Å²) in [6.07, 6.45) is 9.34. The fourth-order valence-corrected chi connectivity index (χ4v) is 3.28. The van der Waals surface area contributed by atoms with Gasteiger partial charge in [-0.1, -0.05) is 25.7 Å². The predicted molar refractivity (Wildman–Crippen MR) is 54.9 cm³/mol. The van der Waals surface area contributed by atoms with Crippen LogP contribution in [0.3, 0.4) is 0 Å². The molecule has 14 heavy (non-hydrogen) atoms. The predicted octanol–water partition coefficient (Wildman–Crippen LogP) is 2.91. The van der Waals surface area contributed by atoms with Crippen LogP contribution in [0.5, 0.6) is 0 Å². The molecule has 80 valence electrons. The maximum atomic E-state index is 10.8. The second-order valence-corrected chi connectivity index (χ2v) is 5.13. The molecule has 2 rings (SSSR count). The quantitative estimate of drug-likeness (QED) is 0.635. The van der Waals surface area contributed by atoms with Crippen molar-refractivity contribution in [2.75, 3.05) is 6.61 Å². The average molecular weight is 196 g/mol. The van der Waals surface area contributed by atoms with Crippen molar-refractivity contribution in [1.29, 1.82) is 0 Å². The van der Waals surface area contributed by atoms with E-state index in [1.807, 2.05) is 0 Å². The molecule has 2 aliphatic carbocycles. The molecule has 0 heterocycles. The van der Waals surface area contributed by atoms with E-state index in [1.165, 1.54) is 51.9 Å². The first-order chi connectivity index (χ1) is 6.70. The molecule has 0 N–H and O–H groups in total. The number of hydrogen-bond donors (Lipinski definition) is 0. The number of carbonyl (C=O) groups excluding carboxylic acids is 1. The topological polar surface area (TPSA) is 26.3 Å². The van der Waals surface area contributed by atoms with Crippen LogP contribution in [0.15, 0.2) is 0 Å². The van der Waals surface area contributed by atoms with Gasteiger partial charge in [-0.2, -0.15) is 0 Å². The van der Waals surface area contributed by atoms with Gasteiger partial charge in [-0.05, 0) is 25.2 Å². The van der Waals surface area contributed by atoms with E-state index in [-0.39, 0.29) is 5.97 Å². The molecule has 2 saturated carbocycles. The van der Waals surface area contributed by atoms with Gasteiger partial charge < -0.3 is 4.74 Å². The minimum atomic E-state index is -0.118. The summed E-state index contributed by atoms with van der Waals surface area (Å²) in [5.74, 6) is 0.806. The molecule has 0 amide bonds. The fourth-order valence-electron chi connectivity index (χ4n) is 3.28. The van der Waals surface area contributed by atoms with Crippen LogP contribution < -0.4 is 0 Å². The molecule has 2 nitrogen and oxygen atoms in total. The molecule has 0 unspecified atom stereocenters. The van der Waals surface area contributed by atoms with E-state index in [2.05, 4.69) is 0 Å². The summed E-state index contributed by atoms with van der Waals surface area (Å²) in [6.45, 7) is 2.19. The number of hydrogen-bond acceptors (Lipinski definition) is 2. The SMILES string of the molecule is CC(=O)OCC12CCCC(CCC1)C2. The van der Waals surface area contributed by atoms with Crippen LogP contribution in [0.25, 0.3) is 0 Å². The number of ether oxygens (including phenoxy) is 1. The number of rotatable bonds is 2. The molecule has 2 aliphatic rings. The Morgan fingerprint density at radius 3 is 2.57 bits per heavy atom. The lowest BCUT2D eigenvalue weighted by Gasteiger charge is -2.44. The summed E-state index contributed by atoms with van der Waals surface area (Å²) in [5, 5.41) is 0. The van der Waals surface area contributed by atoms with Gasteiger partial charge in [-0.15, -0.1) is 0 Å². The van der Waals surface area contributed by atoms with Gasteiger partial charge in [0.15, 0.2) is 0 Å². The van der Waals surface area contributed by atoms with E-state index < -0.39 is 0 Å². The Morgan fingerprint density at radius 1 is 1.36 bits per heavy atom. The lowest BCUT2D eigenvalue weighted by molar-refractivity contribution is -0.147. The van der Waals surface area contributed by atoms with Gasteiger partial charge in [-0.25, -0.2) is 0 Å². The van der Waals surface area contributed by atoms with Gasteiger partial charge in [0.05, 0.1) is 6.61 Å². The minimum absolute atomic E-state index is 0.118. The van der Waals surface area contributed by atoms with Crippen molar-refractivity contribution in [2.24, 2.45) is 11.3 Å². The zero-order valence-electron chi connectivity index (χ0n) is 9.05. The minimum Gasteiger partial charge on any atom is -0.465 e. The number of esters is 1. The number of carbonyl (C=O) groups is 1. The van der Waals surface area contributed by atoms with E-state index in [9.17, 15) is 4.79 Å². The molecule has 0 aromatic heterocycles. The van der Waals surface area contributed by atoms with Crippen LogP contribution in [-0.2, 0) is 9.53 Å². The van der Waals surface area contributed by atoms with Gasteiger partial charge in [-0.3, -0.25) is 4.79 Å². The first-order valence-electron chi connectivity index (χ1n) is 5.84. The summed E-state index contributed by atoms with van der Waals surface area (Å²) in [6, 6.07) is 0. The van der Waals surface area contributed by atoms with Gasteiger partial charge >= 0.3 is 5.97 Å². The summed E-state index contributed by atoms with van der Waals surface area (Å²) in [4.78, 5) is 10.8. The summed E-state index contributed by atoms with van der Waals surface area (Å²) in [5.41, 5.74) is 0.368. The van der Waals surface area contributed by atoms with E-state index in [4.69, 9.17) is 4.74 Å². The molecular weight excluding hydrogens is 176 g/mol. The third-order valence-corrected chi connectivity index (χ3v) is 3.94. The van der Waals surface area contributed by atoms with Crippen LogP contribution in [0.4, 0.5) is 0 Å². The Hall–Kier alpha value is -0.530.